The summed E-state index contributed by atoms with van der Waals surface area (Å²) in [4.78, 5) is 13.9. The topological polar surface area (TPSA) is 80.2 Å². The second-order valence-corrected chi connectivity index (χ2v) is 10.8. The Labute approximate surface area is 169 Å². The number of hydrogen-bond acceptors (Lipinski definition) is 4. The Hall–Kier alpha value is -1.48. The van der Waals surface area contributed by atoms with Crippen LogP contribution in [-0.4, -0.2) is 71.1 Å². The van der Waals surface area contributed by atoms with Crippen molar-refractivity contribution in [1.82, 2.24) is 9.62 Å². The lowest BCUT2D eigenvalue weighted by molar-refractivity contribution is -0.865. The van der Waals surface area contributed by atoms with E-state index < -0.39 is 10.0 Å². The molecule has 1 fully saturated rings. The number of morpholine rings is 1. The Morgan fingerprint density at radius 2 is 1.71 bits per heavy atom. The summed E-state index contributed by atoms with van der Waals surface area (Å²) in [5.74, 6) is -0.195. The molecule has 1 saturated heterocycles. The molecule has 7 nitrogen and oxygen atoms in total. The van der Waals surface area contributed by atoms with Crippen molar-refractivity contribution in [3.05, 3.63) is 29.8 Å². The van der Waals surface area contributed by atoms with Crippen LogP contribution in [-0.2, 0) is 14.8 Å². The molecule has 0 bridgehead atoms. The minimum absolute atomic E-state index is 0.0263. The van der Waals surface area contributed by atoms with E-state index in [-0.39, 0.29) is 28.4 Å². The first-order valence-electron chi connectivity index (χ1n) is 9.73. The van der Waals surface area contributed by atoms with Crippen LogP contribution in [0.15, 0.2) is 29.2 Å². The minimum Gasteiger partial charge on any atom is -0.373 e. The SMILES string of the molecule is C[C@@H]1CN(S(=O)(=O)c2ccc(C(=O)NCC(C)(C)C[NH+](C)C)cc2)C[C@H](C)O1. The highest BCUT2D eigenvalue weighted by Gasteiger charge is 2.32. The molecule has 158 valence electrons. The molecular formula is C20H34N3O4S+. The standard InChI is InChI=1S/C20H33N3O4S/c1-15-11-23(12-16(2)27-15)28(25,26)18-9-7-17(8-10-18)19(24)21-13-20(3,4)14-22(5)6/h7-10,15-16H,11-14H2,1-6H3,(H,21,24)/p+1/t15-,16+. The number of carbonyl (C=O) groups is 1. The monoisotopic (exact) mass is 412 g/mol. The van der Waals surface area contributed by atoms with E-state index in [1.807, 2.05) is 13.8 Å². The molecule has 1 aliphatic heterocycles. The lowest BCUT2D eigenvalue weighted by Gasteiger charge is -2.34. The molecule has 1 aromatic rings. The van der Waals surface area contributed by atoms with Gasteiger partial charge in [-0.15, -0.1) is 0 Å². The Morgan fingerprint density at radius 3 is 2.21 bits per heavy atom. The molecule has 0 unspecified atom stereocenters. The molecule has 2 rings (SSSR count). The van der Waals surface area contributed by atoms with Gasteiger partial charge in [-0.1, -0.05) is 13.8 Å². The van der Waals surface area contributed by atoms with Crippen LogP contribution in [0.3, 0.4) is 0 Å². The Kier molecular flexibility index (Phi) is 7.25. The third-order valence-corrected chi connectivity index (χ3v) is 6.55. The van der Waals surface area contributed by atoms with Gasteiger partial charge in [0.15, 0.2) is 0 Å². The van der Waals surface area contributed by atoms with Crippen molar-refractivity contribution in [2.45, 2.75) is 44.8 Å². The predicted molar refractivity (Wildman–Crippen MR) is 109 cm³/mol. The fraction of sp³-hybridized carbons (Fsp3) is 0.650. The number of carbonyl (C=O) groups excluding carboxylic acids is 1. The summed E-state index contributed by atoms with van der Waals surface area (Å²) in [6.45, 7) is 10.1. The third kappa shape index (κ3) is 6.01. The summed E-state index contributed by atoms with van der Waals surface area (Å²) in [5.41, 5.74) is 0.428. The molecule has 28 heavy (non-hydrogen) atoms. The number of rotatable bonds is 7. The van der Waals surface area contributed by atoms with Crippen LogP contribution in [0.25, 0.3) is 0 Å². The second kappa shape index (κ2) is 8.90. The van der Waals surface area contributed by atoms with Crippen LogP contribution in [0.1, 0.15) is 38.1 Å². The summed E-state index contributed by atoms with van der Waals surface area (Å²) in [5, 5.41) is 2.95. The number of amides is 1. The molecule has 1 aliphatic rings. The Morgan fingerprint density at radius 1 is 1.18 bits per heavy atom. The molecule has 1 aromatic carbocycles. The van der Waals surface area contributed by atoms with Crippen molar-refractivity contribution in [2.75, 3.05) is 40.3 Å². The first-order chi connectivity index (χ1) is 12.9. The summed E-state index contributed by atoms with van der Waals surface area (Å²) in [6, 6.07) is 6.15. The zero-order valence-corrected chi connectivity index (χ0v) is 18.6. The maximum Gasteiger partial charge on any atom is 0.251 e. The van der Waals surface area contributed by atoms with Gasteiger partial charge in [-0.25, -0.2) is 8.42 Å². The van der Waals surface area contributed by atoms with Gasteiger partial charge in [0.05, 0.1) is 37.7 Å². The van der Waals surface area contributed by atoms with E-state index in [2.05, 4.69) is 33.3 Å². The highest BCUT2D eigenvalue weighted by Crippen LogP contribution is 2.21. The van der Waals surface area contributed by atoms with E-state index in [4.69, 9.17) is 4.74 Å². The summed E-state index contributed by atoms with van der Waals surface area (Å²) >= 11 is 0. The van der Waals surface area contributed by atoms with Crippen LogP contribution in [0.2, 0.25) is 0 Å². The van der Waals surface area contributed by atoms with Crippen molar-refractivity contribution in [2.24, 2.45) is 5.41 Å². The molecule has 0 aromatic heterocycles. The Bertz CT molecular complexity index is 765. The average Bonchev–Trinajstić information content (AvgIpc) is 2.58. The molecule has 1 amide bonds. The predicted octanol–water partition coefficient (Wildman–Crippen LogP) is 0.385. The van der Waals surface area contributed by atoms with Gasteiger partial charge < -0.3 is 15.0 Å². The number of benzene rings is 1. The first-order valence-corrected chi connectivity index (χ1v) is 11.2. The molecule has 0 radical (unpaired) electrons. The second-order valence-electron chi connectivity index (χ2n) is 8.83. The van der Waals surface area contributed by atoms with E-state index in [0.29, 0.717) is 25.2 Å². The summed E-state index contributed by atoms with van der Waals surface area (Å²) < 4.78 is 32.8. The normalized spacial score (nSPS) is 21.7. The van der Waals surface area contributed by atoms with Gasteiger partial charge in [-0.2, -0.15) is 4.31 Å². The van der Waals surface area contributed by atoms with Crippen molar-refractivity contribution in [1.29, 1.82) is 0 Å². The van der Waals surface area contributed by atoms with Gasteiger partial charge in [0.2, 0.25) is 10.0 Å². The number of quaternary nitrogens is 1. The van der Waals surface area contributed by atoms with E-state index in [0.717, 1.165) is 6.54 Å². The number of nitrogens with zero attached hydrogens (tertiary/aromatic N) is 1. The lowest BCUT2D eigenvalue weighted by atomic mass is 9.93. The van der Waals surface area contributed by atoms with Crippen molar-refractivity contribution in [3.63, 3.8) is 0 Å². The third-order valence-electron chi connectivity index (χ3n) is 4.70. The number of hydrogen-bond donors (Lipinski definition) is 2. The average molecular weight is 413 g/mol. The van der Waals surface area contributed by atoms with Crippen LogP contribution in [0.4, 0.5) is 0 Å². The highest BCUT2D eigenvalue weighted by atomic mass is 32.2. The van der Waals surface area contributed by atoms with Gasteiger partial charge >= 0.3 is 0 Å². The van der Waals surface area contributed by atoms with Gasteiger partial charge in [-0.05, 0) is 38.1 Å². The molecule has 0 spiro atoms. The first kappa shape index (κ1) is 22.8. The van der Waals surface area contributed by atoms with E-state index >= 15 is 0 Å². The Balaban J connectivity index is 2.05. The van der Waals surface area contributed by atoms with Crippen LogP contribution < -0.4 is 10.2 Å². The summed E-state index contributed by atoms with van der Waals surface area (Å²) in [7, 11) is 0.564. The molecule has 2 N–H and O–H groups in total. The quantitative estimate of drug-likeness (QED) is 0.679. The smallest absolute Gasteiger partial charge is 0.251 e. The molecule has 1 heterocycles. The molecular weight excluding hydrogens is 378 g/mol. The zero-order valence-electron chi connectivity index (χ0n) is 17.8. The number of ether oxygens (including phenoxy) is 1. The van der Waals surface area contributed by atoms with Gasteiger partial charge in [0, 0.05) is 30.6 Å². The molecule has 0 aliphatic carbocycles. The maximum atomic E-state index is 12.9. The van der Waals surface area contributed by atoms with Crippen molar-refractivity contribution < 1.29 is 22.8 Å². The van der Waals surface area contributed by atoms with Crippen molar-refractivity contribution >= 4 is 15.9 Å². The highest BCUT2D eigenvalue weighted by molar-refractivity contribution is 7.89. The van der Waals surface area contributed by atoms with Gasteiger partial charge in [-0.3, -0.25) is 4.79 Å². The van der Waals surface area contributed by atoms with Crippen LogP contribution >= 0.6 is 0 Å². The van der Waals surface area contributed by atoms with Gasteiger partial charge in [0.25, 0.3) is 5.91 Å². The van der Waals surface area contributed by atoms with E-state index in [1.54, 1.807) is 12.1 Å². The van der Waals surface area contributed by atoms with Crippen LogP contribution in [0.5, 0.6) is 0 Å². The number of nitrogens with one attached hydrogen (secondary N) is 2. The van der Waals surface area contributed by atoms with E-state index in [1.165, 1.54) is 21.3 Å². The lowest BCUT2D eigenvalue weighted by Crippen LogP contribution is -3.07. The maximum absolute atomic E-state index is 12.9. The largest absolute Gasteiger partial charge is 0.373 e. The number of sulfonamides is 1. The van der Waals surface area contributed by atoms with Gasteiger partial charge in [0.1, 0.15) is 0 Å². The van der Waals surface area contributed by atoms with Crippen molar-refractivity contribution in [3.8, 4) is 0 Å². The fourth-order valence-corrected chi connectivity index (χ4v) is 5.29. The zero-order chi connectivity index (χ0) is 21.1. The fourth-order valence-electron chi connectivity index (χ4n) is 3.70. The van der Waals surface area contributed by atoms with E-state index in [9.17, 15) is 13.2 Å². The molecule has 2 atom stereocenters. The molecule has 0 saturated carbocycles. The minimum atomic E-state index is -3.60. The summed E-state index contributed by atoms with van der Waals surface area (Å²) in [6.07, 6.45) is -0.285. The molecule has 8 heteroatoms. The van der Waals surface area contributed by atoms with Crippen LogP contribution in [0, 0.1) is 5.41 Å².